The van der Waals surface area contributed by atoms with Crippen LogP contribution in [0.1, 0.15) is 38.7 Å². The topological polar surface area (TPSA) is 81.8 Å². The maximum Gasteiger partial charge on any atom is 0.258 e. The number of nitrogens with zero attached hydrogens (tertiary/aromatic N) is 2. The molecule has 0 radical (unpaired) electrons. The Morgan fingerprint density at radius 3 is 2.30 bits per heavy atom. The van der Waals surface area contributed by atoms with Gasteiger partial charge in [0.2, 0.25) is 5.91 Å². The predicted octanol–water partition coefficient (Wildman–Crippen LogP) is 4.91. The van der Waals surface area contributed by atoms with E-state index < -0.39 is 17.8 Å². The van der Waals surface area contributed by atoms with Gasteiger partial charge in [0.05, 0.1) is 23.8 Å². The largest absolute Gasteiger partial charge is 0.336 e. The number of rotatable bonds is 3. The number of hydrogen-bond acceptors (Lipinski definition) is 4. The van der Waals surface area contributed by atoms with Gasteiger partial charge in [0.25, 0.3) is 11.8 Å². The van der Waals surface area contributed by atoms with Gasteiger partial charge in [0, 0.05) is 47.4 Å². The van der Waals surface area contributed by atoms with E-state index in [4.69, 9.17) is 23.2 Å². The molecule has 1 fully saturated rings. The van der Waals surface area contributed by atoms with E-state index in [1.165, 1.54) is 29.2 Å². The highest BCUT2D eigenvalue weighted by molar-refractivity contribution is 6.35. The van der Waals surface area contributed by atoms with Gasteiger partial charge in [0.15, 0.2) is 0 Å². The van der Waals surface area contributed by atoms with Crippen molar-refractivity contribution >= 4 is 52.3 Å². The van der Waals surface area contributed by atoms with E-state index in [1.54, 1.807) is 41.3 Å². The van der Waals surface area contributed by atoms with Crippen molar-refractivity contribution in [3.05, 3.63) is 93.2 Å². The lowest BCUT2D eigenvalue weighted by Gasteiger charge is -2.32. The highest BCUT2D eigenvalue weighted by atomic mass is 35.5. The molecule has 1 atom stereocenters. The second-order valence-electron chi connectivity index (χ2n) is 8.89. The molecule has 3 aromatic carbocycles. The number of anilines is 2. The minimum Gasteiger partial charge on any atom is -0.336 e. The molecule has 3 aromatic rings. The predicted molar refractivity (Wildman–Crippen MR) is 141 cm³/mol. The smallest absolute Gasteiger partial charge is 0.258 e. The zero-order chi connectivity index (χ0) is 26.1. The average molecular weight is 541 g/mol. The Morgan fingerprint density at radius 2 is 1.59 bits per heavy atom. The maximum absolute atomic E-state index is 13.9. The first kappa shape index (κ1) is 25.2. The fourth-order valence-electron chi connectivity index (χ4n) is 4.67. The van der Waals surface area contributed by atoms with Crippen molar-refractivity contribution in [2.75, 3.05) is 36.4 Å². The van der Waals surface area contributed by atoms with Crippen LogP contribution in [-0.2, 0) is 4.79 Å². The number of nitrogens with one attached hydrogen (secondary N) is 2. The molecule has 7 nitrogen and oxygen atoms in total. The Bertz CT molecular complexity index is 1380. The van der Waals surface area contributed by atoms with Gasteiger partial charge in [-0.1, -0.05) is 29.3 Å². The van der Waals surface area contributed by atoms with Crippen molar-refractivity contribution in [3.63, 3.8) is 0 Å². The van der Waals surface area contributed by atoms with Crippen molar-refractivity contribution in [3.8, 4) is 0 Å². The van der Waals surface area contributed by atoms with E-state index in [2.05, 4.69) is 10.6 Å². The number of amides is 3. The SMILES string of the molecule is O=C1CC(c2ccc(Cl)cc2Cl)N(C(=O)c2ccc(F)cc2)c2ccc(C(=O)N3CCNCC3)cc2N1. The number of piperazine rings is 1. The van der Waals surface area contributed by atoms with E-state index in [0.717, 1.165) is 0 Å². The van der Waals surface area contributed by atoms with E-state index in [0.29, 0.717) is 58.7 Å². The second-order valence-corrected chi connectivity index (χ2v) is 9.73. The highest BCUT2D eigenvalue weighted by Crippen LogP contribution is 2.42. The van der Waals surface area contributed by atoms with Crippen molar-refractivity contribution < 1.29 is 18.8 Å². The van der Waals surface area contributed by atoms with Crippen LogP contribution in [0.25, 0.3) is 0 Å². The molecule has 0 aromatic heterocycles. The number of hydrogen-bond donors (Lipinski definition) is 2. The Balaban J connectivity index is 1.62. The molecule has 2 heterocycles. The molecule has 1 unspecified atom stereocenters. The molecule has 3 amide bonds. The van der Waals surface area contributed by atoms with E-state index in [9.17, 15) is 18.8 Å². The summed E-state index contributed by atoms with van der Waals surface area (Å²) < 4.78 is 13.6. The van der Waals surface area contributed by atoms with Crippen molar-refractivity contribution in [1.29, 1.82) is 0 Å². The summed E-state index contributed by atoms with van der Waals surface area (Å²) in [7, 11) is 0. The summed E-state index contributed by atoms with van der Waals surface area (Å²) in [5.41, 5.74) is 1.89. The Labute approximate surface area is 223 Å². The van der Waals surface area contributed by atoms with Gasteiger partial charge in [-0.25, -0.2) is 4.39 Å². The van der Waals surface area contributed by atoms with Crippen LogP contribution in [0.2, 0.25) is 10.0 Å². The van der Waals surface area contributed by atoms with Crippen LogP contribution in [0.3, 0.4) is 0 Å². The maximum atomic E-state index is 13.9. The summed E-state index contributed by atoms with van der Waals surface area (Å²) in [5.74, 6) is -1.43. The lowest BCUT2D eigenvalue weighted by atomic mass is 9.99. The molecule has 37 heavy (non-hydrogen) atoms. The molecular formula is C27H23Cl2FN4O3. The number of benzene rings is 3. The van der Waals surface area contributed by atoms with Crippen LogP contribution in [0.4, 0.5) is 15.8 Å². The summed E-state index contributed by atoms with van der Waals surface area (Å²) in [4.78, 5) is 43.3. The lowest BCUT2D eigenvalue weighted by molar-refractivity contribution is -0.116. The molecule has 5 rings (SSSR count). The monoisotopic (exact) mass is 540 g/mol. The summed E-state index contributed by atoms with van der Waals surface area (Å²) in [6.45, 7) is 2.57. The average Bonchev–Trinajstić information content (AvgIpc) is 3.03. The lowest BCUT2D eigenvalue weighted by Crippen LogP contribution is -2.46. The minimum absolute atomic E-state index is 0.0932. The molecular weight excluding hydrogens is 518 g/mol. The van der Waals surface area contributed by atoms with Crippen LogP contribution in [-0.4, -0.2) is 48.8 Å². The third-order valence-electron chi connectivity index (χ3n) is 6.50. The van der Waals surface area contributed by atoms with Gasteiger partial charge in [-0.2, -0.15) is 0 Å². The molecule has 2 N–H and O–H groups in total. The molecule has 10 heteroatoms. The first-order valence-electron chi connectivity index (χ1n) is 11.8. The number of fused-ring (bicyclic) bond motifs is 1. The van der Waals surface area contributed by atoms with Crippen LogP contribution in [0.15, 0.2) is 60.7 Å². The molecule has 2 aliphatic rings. The Hall–Kier alpha value is -3.46. The van der Waals surface area contributed by atoms with Crippen molar-refractivity contribution in [1.82, 2.24) is 10.2 Å². The first-order chi connectivity index (χ1) is 17.8. The van der Waals surface area contributed by atoms with Crippen LogP contribution < -0.4 is 15.5 Å². The van der Waals surface area contributed by atoms with Crippen LogP contribution >= 0.6 is 23.2 Å². The fraction of sp³-hybridized carbons (Fsp3) is 0.222. The second kappa shape index (κ2) is 10.5. The van der Waals surface area contributed by atoms with Crippen molar-refractivity contribution in [2.45, 2.75) is 12.5 Å². The Kier molecular flexibility index (Phi) is 7.15. The number of halogens is 3. The first-order valence-corrected chi connectivity index (χ1v) is 12.6. The van der Waals surface area contributed by atoms with Gasteiger partial charge in [-0.3, -0.25) is 19.3 Å². The van der Waals surface area contributed by atoms with E-state index in [1.807, 2.05) is 0 Å². The quantitative estimate of drug-likeness (QED) is 0.494. The van der Waals surface area contributed by atoms with Crippen LogP contribution in [0, 0.1) is 5.82 Å². The van der Waals surface area contributed by atoms with Gasteiger partial charge in [-0.05, 0) is 60.2 Å². The molecule has 0 spiro atoms. The highest BCUT2D eigenvalue weighted by Gasteiger charge is 2.36. The summed E-state index contributed by atoms with van der Waals surface area (Å²) >= 11 is 12.6. The van der Waals surface area contributed by atoms with Crippen molar-refractivity contribution in [2.24, 2.45) is 0 Å². The summed E-state index contributed by atoms with van der Waals surface area (Å²) in [6.07, 6.45) is -0.0932. The third-order valence-corrected chi connectivity index (χ3v) is 7.07. The third kappa shape index (κ3) is 5.18. The number of carbonyl (C=O) groups is 3. The minimum atomic E-state index is -0.779. The molecule has 190 valence electrons. The molecule has 0 bridgehead atoms. The summed E-state index contributed by atoms with van der Waals surface area (Å²) in [6, 6.07) is 14.2. The van der Waals surface area contributed by atoms with E-state index >= 15 is 0 Å². The molecule has 2 aliphatic heterocycles. The van der Waals surface area contributed by atoms with E-state index in [-0.39, 0.29) is 23.8 Å². The van der Waals surface area contributed by atoms with Gasteiger partial charge in [0.1, 0.15) is 5.82 Å². The standard InChI is InChI=1S/C27H23Cl2FN4O3/c28-18-4-7-20(21(29)14-18)24-15-25(35)32-22-13-17(26(36)33-11-9-31-10-12-33)3-8-23(22)34(24)27(37)16-1-5-19(30)6-2-16/h1-8,13-14,24,31H,9-12,15H2,(H,32,35). The molecule has 0 saturated carbocycles. The number of carbonyl (C=O) groups excluding carboxylic acids is 3. The fourth-order valence-corrected chi connectivity index (χ4v) is 5.20. The molecule has 1 saturated heterocycles. The Morgan fingerprint density at radius 1 is 0.892 bits per heavy atom. The zero-order valence-electron chi connectivity index (χ0n) is 19.6. The molecule has 0 aliphatic carbocycles. The normalized spacial score (nSPS) is 17.6. The van der Waals surface area contributed by atoms with Gasteiger partial charge >= 0.3 is 0 Å². The van der Waals surface area contributed by atoms with Gasteiger partial charge in [-0.15, -0.1) is 0 Å². The summed E-state index contributed by atoms with van der Waals surface area (Å²) in [5, 5.41) is 6.78. The van der Waals surface area contributed by atoms with Gasteiger partial charge < -0.3 is 15.5 Å². The van der Waals surface area contributed by atoms with Crippen LogP contribution in [0.5, 0.6) is 0 Å². The zero-order valence-corrected chi connectivity index (χ0v) is 21.2.